The average molecular weight is 234 g/mol. The monoisotopic (exact) mass is 234 g/mol. The Morgan fingerprint density at radius 1 is 1.47 bits per heavy atom. The number of aromatic nitrogens is 1. The maximum Gasteiger partial charge on any atom is 0.213 e. The Morgan fingerprint density at radius 2 is 2.29 bits per heavy atom. The van der Waals surface area contributed by atoms with Gasteiger partial charge in [-0.15, -0.1) is 0 Å². The van der Waals surface area contributed by atoms with Gasteiger partial charge in [-0.05, 0) is 37.8 Å². The van der Waals surface area contributed by atoms with Crippen molar-refractivity contribution in [1.29, 1.82) is 0 Å². The van der Waals surface area contributed by atoms with Crippen molar-refractivity contribution in [3.8, 4) is 5.88 Å². The molecule has 0 saturated carbocycles. The number of methoxy groups -OCH3 is 1. The number of pyridine rings is 1. The fourth-order valence-corrected chi connectivity index (χ4v) is 2.43. The van der Waals surface area contributed by atoms with Crippen molar-refractivity contribution in [2.75, 3.05) is 13.7 Å². The molecular formula is C13H18N2O2. The molecule has 1 fully saturated rings. The van der Waals surface area contributed by atoms with Crippen molar-refractivity contribution in [3.63, 3.8) is 0 Å². The zero-order valence-corrected chi connectivity index (χ0v) is 10.3. The van der Waals surface area contributed by atoms with Crippen LogP contribution in [0.2, 0.25) is 0 Å². The molecule has 4 heteroatoms. The average Bonchev–Trinajstić information content (AvgIpc) is 2.38. The molecule has 1 aromatic rings. The van der Waals surface area contributed by atoms with Gasteiger partial charge in [0.15, 0.2) is 0 Å². The number of nitrogens with zero attached hydrogens (tertiary/aromatic N) is 2. The Morgan fingerprint density at radius 3 is 2.94 bits per heavy atom. The molecule has 0 aliphatic carbocycles. The summed E-state index contributed by atoms with van der Waals surface area (Å²) in [5.74, 6) is 0.625. The van der Waals surface area contributed by atoms with Gasteiger partial charge < -0.3 is 9.64 Å². The van der Waals surface area contributed by atoms with Gasteiger partial charge in [-0.1, -0.05) is 0 Å². The van der Waals surface area contributed by atoms with Crippen molar-refractivity contribution < 1.29 is 9.53 Å². The van der Waals surface area contributed by atoms with Crippen LogP contribution >= 0.6 is 0 Å². The van der Waals surface area contributed by atoms with Crippen LogP contribution in [-0.4, -0.2) is 29.9 Å². The highest BCUT2D eigenvalue weighted by Gasteiger charge is 2.24. The van der Waals surface area contributed by atoms with E-state index in [2.05, 4.69) is 4.98 Å². The molecule has 0 N–H and O–H groups in total. The molecule has 1 aliphatic rings. The van der Waals surface area contributed by atoms with Gasteiger partial charge in [-0.25, -0.2) is 4.98 Å². The van der Waals surface area contributed by atoms with Crippen molar-refractivity contribution in [1.82, 2.24) is 9.88 Å². The molecule has 0 bridgehead atoms. The van der Waals surface area contributed by atoms with E-state index in [1.165, 1.54) is 6.42 Å². The number of likely N-dealkylation sites (tertiary alicyclic amines) is 1. The number of piperidine rings is 1. The fourth-order valence-electron chi connectivity index (χ4n) is 2.43. The summed E-state index contributed by atoms with van der Waals surface area (Å²) in [5.41, 5.74) is 2.08. The maximum atomic E-state index is 11.1. The highest BCUT2D eigenvalue weighted by molar-refractivity contribution is 5.49. The second-order valence-corrected chi connectivity index (χ2v) is 4.38. The molecule has 2 rings (SSSR count). The van der Waals surface area contributed by atoms with Crippen molar-refractivity contribution in [2.24, 2.45) is 0 Å². The molecule has 92 valence electrons. The summed E-state index contributed by atoms with van der Waals surface area (Å²) in [4.78, 5) is 17.3. The van der Waals surface area contributed by atoms with E-state index in [9.17, 15) is 4.79 Å². The molecule has 1 aromatic heterocycles. The summed E-state index contributed by atoms with van der Waals surface area (Å²) < 4.78 is 5.10. The van der Waals surface area contributed by atoms with Gasteiger partial charge in [0.2, 0.25) is 12.3 Å². The van der Waals surface area contributed by atoms with Gasteiger partial charge in [0.1, 0.15) is 0 Å². The third kappa shape index (κ3) is 2.40. The summed E-state index contributed by atoms with van der Waals surface area (Å²) in [6, 6.07) is 4.06. The van der Waals surface area contributed by atoms with Gasteiger partial charge in [-0.3, -0.25) is 4.79 Å². The van der Waals surface area contributed by atoms with Gasteiger partial charge in [0, 0.05) is 18.3 Å². The van der Waals surface area contributed by atoms with Crippen molar-refractivity contribution in [3.05, 3.63) is 23.4 Å². The van der Waals surface area contributed by atoms with Crippen LogP contribution in [0.1, 0.15) is 36.6 Å². The Kier molecular flexibility index (Phi) is 3.61. The molecule has 17 heavy (non-hydrogen) atoms. The van der Waals surface area contributed by atoms with Crippen molar-refractivity contribution >= 4 is 6.41 Å². The molecule has 0 aromatic carbocycles. The van der Waals surface area contributed by atoms with E-state index >= 15 is 0 Å². The molecule has 1 saturated heterocycles. The number of hydrogen-bond acceptors (Lipinski definition) is 3. The predicted octanol–water partition coefficient (Wildman–Crippen LogP) is 2.08. The van der Waals surface area contributed by atoms with Crippen LogP contribution in [0, 0.1) is 6.92 Å². The Hall–Kier alpha value is -1.58. The first-order valence-corrected chi connectivity index (χ1v) is 5.99. The lowest BCUT2D eigenvalue weighted by atomic mass is 9.95. The normalized spacial score (nSPS) is 20.1. The third-order valence-electron chi connectivity index (χ3n) is 3.35. The summed E-state index contributed by atoms with van der Waals surface area (Å²) in [6.45, 7) is 2.81. The molecule has 1 aliphatic heterocycles. The minimum absolute atomic E-state index is 0.180. The van der Waals surface area contributed by atoms with Crippen molar-refractivity contribution in [2.45, 2.75) is 32.2 Å². The van der Waals surface area contributed by atoms with E-state index in [0.717, 1.165) is 37.1 Å². The van der Waals surface area contributed by atoms with Crippen LogP contribution in [0.25, 0.3) is 0 Å². The Bertz CT molecular complexity index is 406. The molecule has 4 nitrogen and oxygen atoms in total. The molecule has 1 atom stereocenters. The summed E-state index contributed by atoms with van der Waals surface area (Å²) in [6.07, 6.45) is 4.24. The smallest absolute Gasteiger partial charge is 0.213 e. The summed E-state index contributed by atoms with van der Waals surface area (Å²) in [5, 5.41) is 0. The summed E-state index contributed by atoms with van der Waals surface area (Å²) >= 11 is 0. The molecule has 1 unspecified atom stereocenters. The number of hydrogen-bond donors (Lipinski definition) is 0. The molecular weight excluding hydrogens is 216 g/mol. The topological polar surface area (TPSA) is 42.4 Å². The van der Waals surface area contributed by atoms with Gasteiger partial charge in [0.25, 0.3) is 0 Å². The zero-order valence-electron chi connectivity index (χ0n) is 10.3. The quantitative estimate of drug-likeness (QED) is 0.752. The number of aryl methyl sites for hydroxylation is 1. The second kappa shape index (κ2) is 5.17. The first-order chi connectivity index (χ1) is 8.26. The van der Waals surface area contributed by atoms with E-state index in [1.807, 2.05) is 24.0 Å². The van der Waals surface area contributed by atoms with Crippen LogP contribution in [0.3, 0.4) is 0 Å². The van der Waals surface area contributed by atoms with Crippen LogP contribution in [0.15, 0.2) is 12.1 Å². The third-order valence-corrected chi connectivity index (χ3v) is 3.35. The number of amides is 1. The van der Waals surface area contributed by atoms with Crippen LogP contribution < -0.4 is 4.74 Å². The Balaban J connectivity index is 2.28. The van der Waals surface area contributed by atoms with E-state index in [0.29, 0.717) is 5.88 Å². The lowest BCUT2D eigenvalue weighted by Gasteiger charge is -2.33. The predicted molar refractivity (Wildman–Crippen MR) is 64.9 cm³/mol. The van der Waals surface area contributed by atoms with Crippen LogP contribution in [0.4, 0.5) is 0 Å². The van der Waals surface area contributed by atoms with Gasteiger partial charge in [0.05, 0.1) is 13.2 Å². The number of carbonyl (C=O) groups excluding carboxylic acids is 1. The SMILES string of the molecule is COc1ccc(C2CCCCN2C=O)c(C)n1. The molecule has 0 spiro atoms. The van der Waals surface area contributed by atoms with Gasteiger partial charge >= 0.3 is 0 Å². The van der Waals surface area contributed by atoms with E-state index in [-0.39, 0.29) is 6.04 Å². The number of carbonyl (C=O) groups is 1. The number of ether oxygens (including phenoxy) is 1. The van der Waals surface area contributed by atoms with E-state index in [4.69, 9.17) is 4.74 Å². The lowest BCUT2D eigenvalue weighted by molar-refractivity contribution is -0.121. The molecule has 0 radical (unpaired) electrons. The molecule has 2 heterocycles. The second-order valence-electron chi connectivity index (χ2n) is 4.38. The highest BCUT2D eigenvalue weighted by atomic mass is 16.5. The number of rotatable bonds is 3. The van der Waals surface area contributed by atoms with Crippen LogP contribution in [0.5, 0.6) is 5.88 Å². The Labute approximate surface area is 102 Å². The maximum absolute atomic E-state index is 11.1. The van der Waals surface area contributed by atoms with Crippen LogP contribution in [-0.2, 0) is 4.79 Å². The molecule has 1 amide bonds. The first-order valence-electron chi connectivity index (χ1n) is 5.99. The van der Waals surface area contributed by atoms with Gasteiger partial charge in [-0.2, -0.15) is 0 Å². The summed E-state index contributed by atoms with van der Waals surface area (Å²) in [7, 11) is 1.61. The van der Waals surface area contributed by atoms with E-state index < -0.39 is 0 Å². The zero-order chi connectivity index (χ0) is 12.3. The largest absolute Gasteiger partial charge is 0.481 e. The fraction of sp³-hybridized carbons (Fsp3) is 0.538. The standard InChI is InChI=1S/C13H18N2O2/c1-10-11(6-7-13(14-10)17-2)12-5-3-4-8-15(12)9-16/h6-7,9,12H,3-5,8H2,1-2H3. The minimum Gasteiger partial charge on any atom is -0.481 e. The highest BCUT2D eigenvalue weighted by Crippen LogP contribution is 2.31. The first kappa shape index (κ1) is 11.9. The van der Waals surface area contributed by atoms with E-state index in [1.54, 1.807) is 7.11 Å². The minimum atomic E-state index is 0.180. The lowest BCUT2D eigenvalue weighted by Crippen LogP contribution is -2.32.